The van der Waals surface area contributed by atoms with Crippen LogP contribution in [0.3, 0.4) is 0 Å². The van der Waals surface area contributed by atoms with Crippen molar-refractivity contribution in [1.82, 2.24) is 4.90 Å². The van der Waals surface area contributed by atoms with E-state index in [0.29, 0.717) is 5.92 Å². The minimum absolute atomic E-state index is 0.188. The second-order valence-corrected chi connectivity index (χ2v) is 8.61. The lowest BCUT2D eigenvalue weighted by Crippen LogP contribution is -2.44. The Kier molecular flexibility index (Phi) is 7.54. The molecule has 0 bridgehead atoms. The lowest BCUT2D eigenvalue weighted by molar-refractivity contribution is -0.0109. The second-order valence-electron chi connectivity index (χ2n) is 8.17. The van der Waals surface area contributed by atoms with Crippen LogP contribution >= 0.6 is 11.6 Å². The van der Waals surface area contributed by atoms with Gasteiger partial charge in [-0.1, -0.05) is 68.8 Å². The van der Waals surface area contributed by atoms with Crippen LogP contribution in [0.15, 0.2) is 29.8 Å². The molecule has 140 valence electrons. The van der Waals surface area contributed by atoms with Crippen molar-refractivity contribution in [2.24, 2.45) is 11.8 Å². The van der Waals surface area contributed by atoms with E-state index in [1.807, 2.05) is 24.3 Å². The molecule has 1 aliphatic rings. The highest BCUT2D eigenvalue weighted by atomic mass is 35.5. The van der Waals surface area contributed by atoms with Crippen molar-refractivity contribution in [3.63, 3.8) is 0 Å². The Morgan fingerprint density at radius 1 is 1.24 bits per heavy atom. The summed E-state index contributed by atoms with van der Waals surface area (Å²) in [5, 5.41) is 12.5. The maximum absolute atomic E-state index is 11.7. The highest BCUT2D eigenvalue weighted by Crippen LogP contribution is 2.39. The minimum atomic E-state index is -0.758. The normalized spacial score (nSPS) is 20.5. The first-order valence-corrected chi connectivity index (χ1v) is 10.0. The Morgan fingerprint density at radius 2 is 1.84 bits per heavy atom. The van der Waals surface area contributed by atoms with Crippen molar-refractivity contribution in [3.8, 4) is 0 Å². The molecule has 1 aliphatic carbocycles. The van der Waals surface area contributed by atoms with E-state index in [4.69, 9.17) is 11.6 Å². The molecule has 2 unspecified atom stereocenters. The van der Waals surface area contributed by atoms with Crippen molar-refractivity contribution in [1.29, 1.82) is 0 Å². The maximum Gasteiger partial charge on any atom is 0.0897 e. The summed E-state index contributed by atoms with van der Waals surface area (Å²) in [6.45, 7) is 5.15. The van der Waals surface area contributed by atoms with E-state index in [0.717, 1.165) is 29.1 Å². The van der Waals surface area contributed by atoms with Crippen LogP contribution in [0.25, 0.3) is 6.08 Å². The second kappa shape index (κ2) is 9.21. The number of halogens is 1. The van der Waals surface area contributed by atoms with E-state index in [9.17, 15) is 5.11 Å². The van der Waals surface area contributed by atoms with Crippen molar-refractivity contribution >= 4 is 17.7 Å². The van der Waals surface area contributed by atoms with Gasteiger partial charge in [-0.25, -0.2) is 0 Å². The first-order chi connectivity index (χ1) is 11.8. The molecule has 1 N–H and O–H groups in total. The van der Waals surface area contributed by atoms with Gasteiger partial charge < -0.3 is 10.0 Å². The first kappa shape index (κ1) is 20.5. The largest absolute Gasteiger partial charge is 0.385 e. The van der Waals surface area contributed by atoms with Crippen LogP contribution in [-0.4, -0.2) is 36.2 Å². The highest BCUT2D eigenvalue weighted by Gasteiger charge is 2.38. The molecule has 0 aromatic heterocycles. The monoisotopic (exact) mass is 363 g/mol. The van der Waals surface area contributed by atoms with Crippen molar-refractivity contribution in [3.05, 3.63) is 40.4 Å². The number of hydrogen-bond donors (Lipinski definition) is 1. The molecule has 1 saturated carbocycles. The van der Waals surface area contributed by atoms with Gasteiger partial charge in [-0.15, -0.1) is 0 Å². The van der Waals surface area contributed by atoms with Crippen LogP contribution in [0.5, 0.6) is 0 Å². The summed E-state index contributed by atoms with van der Waals surface area (Å²) in [5.74, 6) is 0.824. The molecule has 2 rings (SSSR count). The van der Waals surface area contributed by atoms with Crippen molar-refractivity contribution < 1.29 is 5.11 Å². The molecule has 0 saturated heterocycles. The average Bonchev–Trinajstić information content (AvgIpc) is 2.57. The molecule has 0 spiro atoms. The number of nitrogens with zero attached hydrogens (tertiary/aromatic N) is 1. The lowest BCUT2D eigenvalue weighted by Gasteiger charge is -2.40. The molecule has 2 nitrogen and oxygen atoms in total. The van der Waals surface area contributed by atoms with Crippen LogP contribution < -0.4 is 0 Å². The summed E-state index contributed by atoms with van der Waals surface area (Å²) in [4.78, 5) is 2.17. The Bertz CT molecular complexity index is 560. The van der Waals surface area contributed by atoms with Gasteiger partial charge in [-0.05, 0) is 56.6 Å². The number of rotatable bonds is 7. The third kappa shape index (κ3) is 5.84. The Labute approximate surface area is 158 Å². The summed E-state index contributed by atoms with van der Waals surface area (Å²) in [5.41, 5.74) is 1.40. The zero-order valence-corrected chi connectivity index (χ0v) is 17.0. The number of benzene rings is 1. The van der Waals surface area contributed by atoms with Crippen LogP contribution in [0.4, 0.5) is 0 Å². The molecule has 1 fully saturated rings. The molecule has 0 aliphatic heterocycles. The molecule has 1 aromatic rings. The van der Waals surface area contributed by atoms with E-state index >= 15 is 0 Å². The Balaban J connectivity index is 2.26. The third-order valence-electron chi connectivity index (χ3n) is 5.71. The van der Waals surface area contributed by atoms with Crippen LogP contribution in [0.2, 0.25) is 5.02 Å². The molecule has 25 heavy (non-hydrogen) atoms. The van der Waals surface area contributed by atoms with Crippen molar-refractivity contribution in [2.75, 3.05) is 20.6 Å². The standard InChI is InChI=1S/C22H34ClNO/c1-17(14-19-10-12-21(23)13-11-19)22(25,18(2)16-24(3)4)15-20-8-6-5-7-9-20/h10-14,18,20,25H,5-9,15-16H2,1-4H3. The molecule has 0 heterocycles. The SMILES string of the molecule is CC(=Cc1ccc(Cl)cc1)C(O)(CC1CCCCC1)C(C)CN(C)C. The maximum atomic E-state index is 11.7. The first-order valence-electron chi connectivity index (χ1n) is 9.62. The fraction of sp³-hybridized carbons (Fsp3) is 0.636. The summed E-state index contributed by atoms with van der Waals surface area (Å²) in [6.07, 6.45) is 9.48. The topological polar surface area (TPSA) is 23.5 Å². The molecule has 0 amide bonds. The summed E-state index contributed by atoms with van der Waals surface area (Å²) in [6, 6.07) is 7.85. The van der Waals surface area contributed by atoms with E-state index < -0.39 is 5.60 Å². The van der Waals surface area contributed by atoms with Gasteiger partial charge in [0, 0.05) is 17.5 Å². The van der Waals surface area contributed by atoms with E-state index in [1.165, 1.54) is 32.1 Å². The summed E-state index contributed by atoms with van der Waals surface area (Å²) < 4.78 is 0. The Morgan fingerprint density at radius 3 is 2.40 bits per heavy atom. The van der Waals surface area contributed by atoms with E-state index in [2.05, 4.69) is 38.9 Å². The number of hydrogen-bond acceptors (Lipinski definition) is 2. The molecular weight excluding hydrogens is 330 g/mol. The quantitative estimate of drug-likeness (QED) is 0.677. The fourth-order valence-corrected chi connectivity index (χ4v) is 4.34. The van der Waals surface area contributed by atoms with Gasteiger partial charge in [0.05, 0.1) is 5.60 Å². The predicted molar refractivity (Wildman–Crippen MR) is 109 cm³/mol. The fourth-order valence-electron chi connectivity index (χ4n) is 4.21. The van der Waals surface area contributed by atoms with Crippen LogP contribution in [0, 0.1) is 11.8 Å². The molecule has 0 radical (unpaired) electrons. The molecular formula is C22H34ClNO. The van der Waals surface area contributed by atoms with Gasteiger partial charge in [0.1, 0.15) is 0 Å². The summed E-state index contributed by atoms with van der Waals surface area (Å²) in [7, 11) is 4.16. The zero-order chi connectivity index (χ0) is 18.4. The predicted octanol–water partition coefficient (Wildman–Crippen LogP) is 5.64. The smallest absolute Gasteiger partial charge is 0.0897 e. The van der Waals surface area contributed by atoms with Crippen LogP contribution in [0.1, 0.15) is 57.9 Å². The minimum Gasteiger partial charge on any atom is -0.385 e. The highest BCUT2D eigenvalue weighted by molar-refractivity contribution is 6.30. The Hall–Kier alpha value is -0.830. The zero-order valence-electron chi connectivity index (χ0n) is 16.3. The summed E-state index contributed by atoms with van der Waals surface area (Å²) >= 11 is 6.00. The van der Waals surface area contributed by atoms with Crippen molar-refractivity contribution in [2.45, 2.75) is 58.0 Å². The van der Waals surface area contributed by atoms with Gasteiger partial charge in [0.2, 0.25) is 0 Å². The van der Waals surface area contributed by atoms with Gasteiger partial charge in [0.25, 0.3) is 0 Å². The molecule has 3 heteroatoms. The average molecular weight is 364 g/mol. The van der Waals surface area contributed by atoms with Gasteiger partial charge in [0.15, 0.2) is 0 Å². The van der Waals surface area contributed by atoms with Gasteiger partial charge >= 0.3 is 0 Å². The molecule has 2 atom stereocenters. The van der Waals surface area contributed by atoms with Crippen LogP contribution in [-0.2, 0) is 0 Å². The number of aliphatic hydroxyl groups is 1. The third-order valence-corrected chi connectivity index (χ3v) is 5.97. The van der Waals surface area contributed by atoms with E-state index in [1.54, 1.807) is 0 Å². The van der Waals surface area contributed by atoms with Gasteiger partial charge in [-0.2, -0.15) is 0 Å². The lowest BCUT2D eigenvalue weighted by atomic mass is 9.72. The van der Waals surface area contributed by atoms with E-state index in [-0.39, 0.29) is 5.92 Å². The molecule has 1 aromatic carbocycles. The van der Waals surface area contributed by atoms with Gasteiger partial charge in [-0.3, -0.25) is 0 Å².